The Balaban J connectivity index is 1.73. The Morgan fingerprint density at radius 3 is 2.16 bits per heavy atom. The Labute approximate surface area is 195 Å². The number of aromatic nitrogens is 1. The summed E-state index contributed by atoms with van der Waals surface area (Å²) >= 11 is 18.6. The van der Waals surface area contributed by atoms with Gasteiger partial charge in [0.05, 0.1) is 10.7 Å². The van der Waals surface area contributed by atoms with Crippen molar-refractivity contribution >= 4 is 40.7 Å². The molecule has 0 saturated carbocycles. The van der Waals surface area contributed by atoms with E-state index in [2.05, 4.69) is 10.3 Å². The minimum atomic E-state index is -0.266. The molecule has 0 bridgehead atoms. The summed E-state index contributed by atoms with van der Waals surface area (Å²) in [7, 11) is 0. The fourth-order valence-electron chi connectivity index (χ4n) is 3.20. The number of amides is 1. The molecule has 0 saturated heterocycles. The molecule has 1 N–H and O–H groups in total. The molecule has 31 heavy (non-hydrogen) atoms. The third-order valence-corrected chi connectivity index (χ3v) is 5.57. The van der Waals surface area contributed by atoms with Gasteiger partial charge in [0, 0.05) is 27.7 Å². The molecule has 0 fully saturated rings. The Kier molecular flexibility index (Phi) is 6.57. The fourth-order valence-corrected chi connectivity index (χ4v) is 3.83. The molecule has 3 aromatic carbocycles. The van der Waals surface area contributed by atoms with Gasteiger partial charge in [-0.1, -0.05) is 77.3 Å². The van der Waals surface area contributed by atoms with Gasteiger partial charge in [-0.2, -0.15) is 0 Å². The molecule has 0 unspecified atom stereocenters. The summed E-state index contributed by atoms with van der Waals surface area (Å²) in [6.07, 6.45) is 0. The van der Waals surface area contributed by atoms with Crippen molar-refractivity contribution < 1.29 is 4.79 Å². The van der Waals surface area contributed by atoms with Crippen molar-refractivity contribution in [1.82, 2.24) is 10.3 Å². The van der Waals surface area contributed by atoms with Crippen LogP contribution in [-0.4, -0.2) is 10.9 Å². The van der Waals surface area contributed by atoms with Crippen molar-refractivity contribution in [3.8, 4) is 22.4 Å². The summed E-state index contributed by atoms with van der Waals surface area (Å²) in [5, 5.41) is 4.53. The average Bonchev–Trinajstić information content (AvgIpc) is 2.78. The van der Waals surface area contributed by atoms with Crippen LogP contribution in [0.25, 0.3) is 22.4 Å². The van der Waals surface area contributed by atoms with Crippen LogP contribution < -0.4 is 5.32 Å². The lowest BCUT2D eigenvalue weighted by Gasteiger charge is -2.13. The molecule has 4 rings (SSSR count). The van der Waals surface area contributed by atoms with E-state index in [0.717, 1.165) is 16.7 Å². The van der Waals surface area contributed by atoms with E-state index in [0.29, 0.717) is 38.6 Å². The number of nitrogens with zero attached hydrogens (tertiary/aromatic N) is 1. The van der Waals surface area contributed by atoms with Crippen molar-refractivity contribution in [2.45, 2.75) is 6.54 Å². The SMILES string of the molecule is O=C(NCc1ccccc1)c1ccc(-c2ccc(Cl)cc2)c(-c2ccc(Cl)cc2Cl)n1. The van der Waals surface area contributed by atoms with Crippen LogP contribution in [0.2, 0.25) is 15.1 Å². The maximum atomic E-state index is 12.8. The first-order valence-electron chi connectivity index (χ1n) is 9.56. The first-order valence-corrected chi connectivity index (χ1v) is 10.7. The second-order valence-electron chi connectivity index (χ2n) is 6.89. The number of hydrogen-bond acceptors (Lipinski definition) is 2. The molecule has 0 atom stereocenters. The second-order valence-corrected chi connectivity index (χ2v) is 8.17. The fraction of sp³-hybridized carbons (Fsp3) is 0.0400. The van der Waals surface area contributed by atoms with Crippen LogP contribution >= 0.6 is 34.8 Å². The monoisotopic (exact) mass is 466 g/mol. The Hall–Kier alpha value is -2.85. The number of nitrogens with one attached hydrogen (secondary N) is 1. The lowest BCUT2D eigenvalue weighted by molar-refractivity contribution is 0.0946. The first kappa shape index (κ1) is 21.4. The molecule has 154 valence electrons. The molecular weight excluding hydrogens is 451 g/mol. The number of rotatable bonds is 5. The maximum absolute atomic E-state index is 12.8. The van der Waals surface area contributed by atoms with Crippen LogP contribution in [0.1, 0.15) is 16.1 Å². The number of carbonyl (C=O) groups excluding carboxylic acids is 1. The van der Waals surface area contributed by atoms with Gasteiger partial charge in [0.1, 0.15) is 5.69 Å². The lowest BCUT2D eigenvalue weighted by atomic mass is 9.98. The molecule has 0 aliphatic rings. The summed E-state index contributed by atoms with van der Waals surface area (Å²) in [6, 6.07) is 25.9. The zero-order valence-corrected chi connectivity index (χ0v) is 18.5. The molecule has 0 spiro atoms. The van der Waals surface area contributed by atoms with Crippen molar-refractivity contribution in [2.75, 3.05) is 0 Å². The molecule has 0 aliphatic carbocycles. The van der Waals surface area contributed by atoms with Gasteiger partial charge in [0.15, 0.2) is 0 Å². The van der Waals surface area contributed by atoms with Gasteiger partial charge >= 0.3 is 0 Å². The van der Waals surface area contributed by atoms with Crippen LogP contribution in [-0.2, 0) is 6.54 Å². The highest BCUT2D eigenvalue weighted by Gasteiger charge is 2.16. The van der Waals surface area contributed by atoms with E-state index in [4.69, 9.17) is 34.8 Å². The molecule has 0 aliphatic heterocycles. The van der Waals surface area contributed by atoms with Gasteiger partial charge in [0.25, 0.3) is 5.91 Å². The van der Waals surface area contributed by atoms with Gasteiger partial charge in [0.2, 0.25) is 0 Å². The van der Waals surface area contributed by atoms with Crippen LogP contribution in [0.5, 0.6) is 0 Å². The standard InChI is InChI=1S/C25H17Cl3N2O/c26-18-8-6-17(7-9-18)20-12-13-23(25(31)29-15-16-4-2-1-3-5-16)30-24(20)21-11-10-19(27)14-22(21)28/h1-14H,15H2,(H,29,31). The van der Waals surface area contributed by atoms with Crippen molar-refractivity contribution in [2.24, 2.45) is 0 Å². The molecule has 1 amide bonds. The highest BCUT2D eigenvalue weighted by Crippen LogP contribution is 2.36. The Morgan fingerprint density at radius 2 is 1.45 bits per heavy atom. The number of benzene rings is 3. The van der Waals surface area contributed by atoms with Crippen molar-refractivity contribution in [1.29, 1.82) is 0 Å². The summed E-state index contributed by atoms with van der Waals surface area (Å²) in [4.78, 5) is 17.5. The maximum Gasteiger partial charge on any atom is 0.270 e. The lowest BCUT2D eigenvalue weighted by Crippen LogP contribution is -2.24. The van der Waals surface area contributed by atoms with E-state index in [1.54, 1.807) is 24.3 Å². The Bertz CT molecular complexity index is 1230. The highest BCUT2D eigenvalue weighted by atomic mass is 35.5. The number of hydrogen-bond donors (Lipinski definition) is 1. The van der Waals surface area contributed by atoms with Gasteiger partial charge < -0.3 is 5.32 Å². The predicted molar refractivity (Wildman–Crippen MR) is 128 cm³/mol. The molecule has 4 aromatic rings. The van der Waals surface area contributed by atoms with E-state index in [-0.39, 0.29) is 5.91 Å². The minimum Gasteiger partial charge on any atom is -0.347 e. The second kappa shape index (κ2) is 9.52. The quantitative estimate of drug-likeness (QED) is 0.334. The van der Waals surface area contributed by atoms with Gasteiger partial charge in [-0.25, -0.2) is 4.98 Å². The summed E-state index contributed by atoms with van der Waals surface area (Å²) < 4.78 is 0. The largest absolute Gasteiger partial charge is 0.347 e. The normalized spacial score (nSPS) is 10.7. The third-order valence-electron chi connectivity index (χ3n) is 4.77. The summed E-state index contributed by atoms with van der Waals surface area (Å²) in [5.74, 6) is -0.266. The van der Waals surface area contributed by atoms with Crippen LogP contribution in [0, 0.1) is 0 Å². The van der Waals surface area contributed by atoms with E-state index in [1.165, 1.54) is 0 Å². The molecule has 6 heteroatoms. The minimum absolute atomic E-state index is 0.266. The summed E-state index contributed by atoms with van der Waals surface area (Å²) in [5.41, 5.74) is 4.34. The number of pyridine rings is 1. The summed E-state index contributed by atoms with van der Waals surface area (Å²) in [6.45, 7) is 0.414. The molecule has 1 heterocycles. The van der Waals surface area contributed by atoms with Crippen LogP contribution in [0.4, 0.5) is 0 Å². The molecular formula is C25H17Cl3N2O. The van der Waals surface area contributed by atoms with Crippen molar-refractivity contribution in [3.05, 3.63) is 111 Å². The van der Waals surface area contributed by atoms with Gasteiger partial charge in [-0.3, -0.25) is 4.79 Å². The topological polar surface area (TPSA) is 42.0 Å². The number of halogens is 3. The Morgan fingerprint density at radius 1 is 0.774 bits per heavy atom. The average molecular weight is 468 g/mol. The first-order chi connectivity index (χ1) is 15.0. The van der Waals surface area contributed by atoms with Crippen LogP contribution in [0.15, 0.2) is 84.9 Å². The van der Waals surface area contributed by atoms with Crippen LogP contribution in [0.3, 0.4) is 0 Å². The zero-order valence-electron chi connectivity index (χ0n) is 16.3. The molecule has 3 nitrogen and oxygen atoms in total. The van der Waals surface area contributed by atoms with E-state index in [9.17, 15) is 4.79 Å². The van der Waals surface area contributed by atoms with E-state index in [1.807, 2.05) is 60.7 Å². The third kappa shape index (κ3) is 5.08. The van der Waals surface area contributed by atoms with Gasteiger partial charge in [-0.05, 0) is 53.6 Å². The van der Waals surface area contributed by atoms with Gasteiger partial charge in [-0.15, -0.1) is 0 Å². The predicted octanol–water partition coefficient (Wildman–Crippen LogP) is 7.31. The number of carbonyl (C=O) groups is 1. The highest BCUT2D eigenvalue weighted by molar-refractivity contribution is 6.36. The van der Waals surface area contributed by atoms with Crippen molar-refractivity contribution in [3.63, 3.8) is 0 Å². The molecule has 1 aromatic heterocycles. The van der Waals surface area contributed by atoms with E-state index < -0.39 is 0 Å². The smallest absolute Gasteiger partial charge is 0.270 e. The van der Waals surface area contributed by atoms with E-state index >= 15 is 0 Å². The zero-order chi connectivity index (χ0) is 21.8. The molecule has 0 radical (unpaired) electrons.